The van der Waals surface area contributed by atoms with E-state index in [0.29, 0.717) is 16.7 Å². The monoisotopic (exact) mass is 458 g/mol. The van der Waals surface area contributed by atoms with Crippen molar-refractivity contribution in [3.8, 4) is 11.6 Å². The summed E-state index contributed by atoms with van der Waals surface area (Å²) in [6.45, 7) is 1.70. The number of rotatable bonds is 6. The molecule has 170 valence electrons. The minimum atomic E-state index is -0.701. The molecule has 10 nitrogen and oxygen atoms in total. The Bertz CT molecular complexity index is 1250. The van der Waals surface area contributed by atoms with Gasteiger partial charge in [-0.3, -0.25) is 23.3 Å². The number of anilines is 1. The van der Waals surface area contributed by atoms with Crippen molar-refractivity contribution in [1.82, 2.24) is 23.9 Å². The zero-order valence-electron chi connectivity index (χ0n) is 18.3. The topological polar surface area (TPSA) is 131 Å². The molecule has 0 amide bonds. The second kappa shape index (κ2) is 8.81. The maximum Gasteiger partial charge on any atom is 0.332 e. The fraction of sp³-hybridized carbons (Fsp3) is 0.476. The Kier molecular flexibility index (Phi) is 6.09. The van der Waals surface area contributed by atoms with Crippen molar-refractivity contribution < 1.29 is 9.21 Å². The number of carbonyl (C=O) groups excluding carboxylic acids is 1. The van der Waals surface area contributed by atoms with Crippen molar-refractivity contribution in [2.75, 3.05) is 5.73 Å². The third-order valence-electron chi connectivity index (χ3n) is 5.95. The number of thioether (sulfide) groups is 1. The van der Waals surface area contributed by atoms with Crippen molar-refractivity contribution in [3.05, 3.63) is 44.8 Å². The zero-order valence-corrected chi connectivity index (χ0v) is 19.1. The van der Waals surface area contributed by atoms with Gasteiger partial charge in [0.2, 0.25) is 5.82 Å². The SMILES string of the molecule is CC(Sc1nnc(-c2ccco2)n1C1CCCCC1)C(=O)c1c(N)n(C)c(=O)n(C)c1=O. The predicted octanol–water partition coefficient (Wildman–Crippen LogP) is 2.39. The first-order valence-corrected chi connectivity index (χ1v) is 11.4. The summed E-state index contributed by atoms with van der Waals surface area (Å²) in [5.74, 6) is 0.647. The third kappa shape index (κ3) is 3.81. The molecule has 0 saturated heterocycles. The van der Waals surface area contributed by atoms with Gasteiger partial charge in [-0.25, -0.2) is 4.79 Å². The molecule has 3 aromatic heterocycles. The summed E-state index contributed by atoms with van der Waals surface area (Å²) in [4.78, 5) is 37.9. The van der Waals surface area contributed by atoms with E-state index in [4.69, 9.17) is 10.2 Å². The number of Topliss-reactive ketones (excluding diaryl/α,β-unsaturated/α-hetero) is 1. The van der Waals surface area contributed by atoms with Gasteiger partial charge in [-0.2, -0.15) is 0 Å². The molecule has 0 bridgehead atoms. The van der Waals surface area contributed by atoms with Gasteiger partial charge in [0, 0.05) is 20.1 Å². The Morgan fingerprint density at radius 3 is 2.56 bits per heavy atom. The van der Waals surface area contributed by atoms with Gasteiger partial charge in [-0.05, 0) is 31.9 Å². The Balaban J connectivity index is 1.70. The first-order valence-electron chi connectivity index (χ1n) is 10.6. The van der Waals surface area contributed by atoms with E-state index in [2.05, 4.69) is 14.8 Å². The summed E-state index contributed by atoms with van der Waals surface area (Å²) >= 11 is 1.23. The fourth-order valence-electron chi connectivity index (χ4n) is 4.11. The highest BCUT2D eigenvalue weighted by molar-refractivity contribution is 8.00. The molecular formula is C21H26N6O4S. The molecule has 4 rings (SSSR count). The third-order valence-corrected chi connectivity index (χ3v) is 7.01. The minimum absolute atomic E-state index is 0.138. The lowest BCUT2D eigenvalue weighted by molar-refractivity contribution is 0.0992. The van der Waals surface area contributed by atoms with Crippen LogP contribution in [0.1, 0.15) is 55.4 Å². The van der Waals surface area contributed by atoms with Gasteiger partial charge in [0.25, 0.3) is 5.56 Å². The largest absolute Gasteiger partial charge is 0.461 e. The lowest BCUT2D eigenvalue weighted by Gasteiger charge is -2.25. The quantitative estimate of drug-likeness (QED) is 0.440. The highest BCUT2D eigenvalue weighted by atomic mass is 32.2. The van der Waals surface area contributed by atoms with Gasteiger partial charge in [0.1, 0.15) is 11.4 Å². The van der Waals surface area contributed by atoms with E-state index in [-0.39, 0.29) is 17.4 Å². The van der Waals surface area contributed by atoms with Crippen LogP contribution in [-0.2, 0) is 14.1 Å². The molecule has 1 unspecified atom stereocenters. The summed E-state index contributed by atoms with van der Waals surface area (Å²) < 4.78 is 9.61. The lowest BCUT2D eigenvalue weighted by atomic mass is 9.95. The average molecular weight is 459 g/mol. The van der Waals surface area contributed by atoms with Crippen molar-refractivity contribution in [2.24, 2.45) is 14.1 Å². The van der Waals surface area contributed by atoms with Crippen LogP contribution >= 0.6 is 11.8 Å². The molecule has 1 aliphatic carbocycles. The maximum atomic E-state index is 13.2. The molecule has 1 aliphatic rings. The molecule has 1 atom stereocenters. The number of nitrogen functional groups attached to an aromatic ring is 1. The van der Waals surface area contributed by atoms with Crippen LogP contribution in [0.15, 0.2) is 37.6 Å². The Morgan fingerprint density at radius 2 is 1.91 bits per heavy atom. The zero-order chi connectivity index (χ0) is 23.0. The molecule has 3 heterocycles. The fourth-order valence-corrected chi connectivity index (χ4v) is 5.08. The Hall–Kier alpha value is -3.08. The van der Waals surface area contributed by atoms with E-state index < -0.39 is 22.3 Å². The Labute approximate surface area is 188 Å². The standard InChI is InChI=1S/C21H26N6O4S/c1-12(16(28)15-17(22)25(2)21(30)26(3)19(15)29)32-20-24-23-18(14-10-7-11-31-14)27(20)13-8-5-4-6-9-13/h7,10-13H,4-6,8-9,22H2,1-3H3. The molecule has 2 N–H and O–H groups in total. The van der Waals surface area contributed by atoms with E-state index in [1.54, 1.807) is 19.3 Å². The van der Waals surface area contributed by atoms with Gasteiger partial charge in [-0.1, -0.05) is 31.0 Å². The van der Waals surface area contributed by atoms with Crippen molar-refractivity contribution in [2.45, 2.75) is 55.5 Å². The molecule has 3 aromatic rings. The smallest absolute Gasteiger partial charge is 0.332 e. The number of hydrogen-bond donors (Lipinski definition) is 1. The summed E-state index contributed by atoms with van der Waals surface area (Å²) in [5, 5.41) is 8.62. The average Bonchev–Trinajstić information content (AvgIpc) is 3.47. The highest BCUT2D eigenvalue weighted by Gasteiger charge is 2.30. The van der Waals surface area contributed by atoms with Gasteiger partial charge in [0.05, 0.1) is 11.5 Å². The molecule has 1 fully saturated rings. The normalized spacial score (nSPS) is 15.7. The molecule has 0 aromatic carbocycles. The van der Waals surface area contributed by atoms with E-state index in [1.807, 2.05) is 6.07 Å². The van der Waals surface area contributed by atoms with Crippen LogP contribution in [0.4, 0.5) is 5.82 Å². The molecule has 11 heteroatoms. The first kappa shape index (κ1) is 22.1. The molecule has 0 spiro atoms. The predicted molar refractivity (Wildman–Crippen MR) is 121 cm³/mol. The van der Waals surface area contributed by atoms with Crippen LogP contribution in [0.2, 0.25) is 0 Å². The number of carbonyl (C=O) groups is 1. The summed E-state index contributed by atoms with van der Waals surface area (Å²) in [6, 6.07) is 3.84. The molecule has 0 aliphatic heterocycles. The number of hydrogen-bond acceptors (Lipinski definition) is 8. The number of nitrogens with zero attached hydrogens (tertiary/aromatic N) is 5. The number of nitrogens with two attached hydrogens (primary N) is 1. The lowest BCUT2D eigenvalue weighted by Crippen LogP contribution is -2.42. The summed E-state index contributed by atoms with van der Waals surface area (Å²) in [7, 11) is 2.76. The minimum Gasteiger partial charge on any atom is -0.461 e. The molecule has 0 radical (unpaired) electrons. The summed E-state index contributed by atoms with van der Waals surface area (Å²) in [5.41, 5.74) is 4.50. The molecule has 32 heavy (non-hydrogen) atoms. The van der Waals surface area contributed by atoms with Crippen molar-refractivity contribution >= 4 is 23.4 Å². The van der Waals surface area contributed by atoms with E-state index in [1.165, 1.54) is 32.3 Å². The van der Waals surface area contributed by atoms with E-state index >= 15 is 0 Å². The molecule has 1 saturated carbocycles. The van der Waals surface area contributed by atoms with Crippen molar-refractivity contribution in [3.63, 3.8) is 0 Å². The Morgan fingerprint density at radius 1 is 1.19 bits per heavy atom. The second-order valence-corrected chi connectivity index (χ2v) is 9.34. The van der Waals surface area contributed by atoms with Gasteiger partial charge in [0.15, 0.2) is 16.7 Å². The van der Waals surface area contributed by atoms with Crippen LogP contribution in [-0.4, -0.2) is 34.9 Å². The van der Waals surface area contributed by atoms with Crippen LogP contribution in [0.3, 0.4) is 0 Å². The number of ketones is 1. The van der Waals surface area contributed by atoms with Crippen molar-refractivity contribution in [1.29, 1.82) is 0 Å². The van der Waals surface area contributed by atoms with Gasteiger partial charge in [-0.15, -0.1) is 10.2 Å². The first-order chi connectivity index (χ1) is 15.3. The maximum absolute atomic E-state index is 13.2. The molecular weight excluding hydrogens is 432 g/mol. The number of aromatic nitrogens is 5. The highest BCUT2D eigenvalue weighted by Crippen LogP contribution is 2.37. The van der Waals surface area contributed by atoms with Gasteiger partial charge < -0.3 is 10.2 Å². The number of furan rings is 1. The van der Waals surface area contributed by atoms with Crippen LogP contribution in [0.25, 0.3) is 11.6 Å². The van der Waals surface area contributed by atoms with Crippen LogP contribution in [0.5, 0.6) is 0 Å². The van der Waals surface area contributed by atoms with E-state index in [0.717, 1.165) is 34.8 Å². The summed E-state index contributed by atoms with van der Waals surface area (Å²) in [6.07, 6.45) is 7.01. The second-order valence-electron chi connectivity index (χ2n) is 8.04. The van der Waals surface area contributed by atoms with Gasteiger partial charge >= 0.3 is 5.69 Å². The van der Waals surface area contributed by atoms with E-state index in [9.17, 15) is 14.4 Å². The van der Waals surface area contributed by atoms with Crippen LogP contribution < -0.4 is 17.0 Å². The van der Waals surface area contributed by atoms with Crippen LogP contribution in [0, 0.1) is 0 Å².